The van der Waals surface area contributed by atoms with Gasteiger partial charge in [-0.15, -0.1) is 0 Å². The Hall–Kier alpha value is -0.810. The van der Waals surface area contributed by atoms with Gasteiger partial charge in [0.2, 0.25) is 0 Å². The first-order valence-corrected chi connectivity index (χ1v) is 5.98. The molecule has 2 N–H and O–H groups in total. The summed E-state index contributed by atoms with van der Waals surface area (Å²) in [6, 6.07) is 0. The van der Waals surface area contributed by atoms with Crippen molar-refractivity contribution < 1.29 is 36.8 Å². The summed E-state index contributed by atoms with van der Waals surface area (Å²) in [5.74, 6) is -4.38. The Kier molecular flexibility index (Phi) is 9.04. The van der Waals surface area contributed by atoms with Crippen molar-refractivity contribution in [3.05, 3.63) is 0 Å². The van der Waals surface area contributed by atoms with Crippen molar-refractivity contribution in [1.82, 2.24) is 0 Å². The van der Waals surface area contributed by atoms with Gasteiger partial charge in [-0.1, -0.05) is 0 Å². The molecule has 104 valence electrons. The van der Waals surface area contributed by atoms with E-state index in [0.29, 0.717) is 0 Å². The van der Waals surface area contributed by atoms with Crippen molar-refractivity contribution in [2.24, 2.45) is 0 Å². The van der Waals surface area contributed by atoms with Gasteiger partial charge in [0.25, 0.3) is 10.1 Å². The number of carbonyl (C=O) groups excluding carboxylic acids is 3. The van der Waals surface area contributed by atoms with Crippen LogP contribution in [0.25, 0.3) is 0 Å². The SMILES string of the molecule is CC(=O)OC(=N)CC(C(=O)OC(C)=O)S(=O)(=O)O.[NaH]. The van der Waals surface area contributed by atoms with E-state index >= 15 is 0 Å². The van der Waals surface area contributed by atoms with Crippen LogP contribution in [0, 0.1) is 5.41 Å². The van der Waals surface area contributed by atoms with Crippen molar-refractivity contribution in [3.8, 4) is 0 Å². The van der Waals surface area contributed by atoms with E-state index in [9.17, 15) is 22.8 Å². The number of hydrogen-bond donors (Lipinski definition) is 2. The predicted molar refractivity (Wildman–Crippen MR) is 63.4 cm³/mol. The van der Waals surface area contributed by atoms with Crippen LogP contribution in [0.5, 0.6) is 0 Å². The number of carbonyl (C=O) groups is 3. The number of nitrogens with one attached hydrogen (secondary N) is 1. The molecule has 0 spiro atoms. The summed E-state index contributed by atoms with van der Waals surface area (Å²) >= 11 is 0. The van der Waals surface area contributed by atoms with Crippen LogP contribution in [-0.4, -0.2) is 71.6 Å². The molecule has 0 fully saturated rings. The zero-order chi connectivity index (χ0) is 14.5. The second-order valence-corrected chi connectivity index (χ2v) is 4.74. The van der Waals surface area contributed by atoms with Crippen LogP contribution in [0.1, 0.15) is 20.3 Å². The molecule has 0 aliphatic carbocycles. The van der Waals surface area contributed by atoms with Crippen molar-refractivity contribution in [2.45, 2.75) is 25.5 Å². The third-order valence-electron chi connectivity index (χ3n) is 1.50. The van der Waals surface area contributed by atoms with Gasteiger partial charge < -0.3 is 9.47 Å². The molecule has 1 atom stereocenters. The second kappa shape index (κ2) is 8.38. The van der Waals surface area contributed by atoms with E-state index in [2.05, 4.69) is 9.47 Å². The third kappa shape index (κ3) is 8.83. The fraction of sp³-hybridized carbons (Fsp3) is 0.500. The van der Waals surface area contributed by atoms with Gasteiger partial charge in [0.1, 0.15) is 0 Å². The van der Waals surface area contributed by atoms with Crippen LogP contribution in [0.2, 0.25) is 0 Å². The van der Waals surface area contributed by atoms with Crippen LogP contribution >= 0.6 is 0 Å². The van der Waals surface area contributed by atoms with Gasteiger partial charge in [0.15, 0.2) is 11.1 Å². The average molecular weight is 305 g/mol. The minimum atomic E-state index is -4.90. The molecule has 0 bridgehead atoms. The molecule has 9 nitrogen and oxygen atoms in total. The zero-order valence-electron chi connectivity index (χ0n) is 9.50. The number of hydrogen-bond acceptors (Lipinski definition) is 8. The Bertz CT molecular complexity index is 485. The monoisotopic (exact) mass is 305 g/mol. The van der Waals surface area contributed by atoms with Crippen molar-refractivity contribution >= 4 is 63.5 Å². The molecule has 0 amide bonds. The molecule has 11 heteroatoms. The summed E-state index contributed by atoms with van der Waals surface area (Å²) < 4.78 is 38.7. The summed E-state index contributed by atoms with van der Waals surface area (Å²) in [7, 11) is -4.90. The van der Waals surface area contributed by atoms with Crippen LogP contribution in [0.4, 0.5) is 0 Å². The Morgan fingerprint density at radius 3 is 1.89 bits per heavy atom. The van der Waals surface area contributed by atoms with Crippen LogP contribution in [0.15, 0.2) is 0 Å². The molecule has 1 unspecified atom stereocenters. The molecule has 0 aliphatic rings. The Labute approximate surface area is 131 Å². The standard InChI is InChI=1S/C8H11NO8S.Na.H/c1-4(10)16-7(9)3-6(18(13,14)15)8(12)17-5(2)11;;/h6,9H,3H2,1-2H3,(H,13,14,15);;. The van der Waals surface area contributed by atoms with Gasteiger partial charge in [-0.05, 0) is 0 Å². The van der Waals surface area contributed by atoms with Crippen molar-refractivity contribution in [3.63, 3.8) is 0 Å². The molecule has 0 aromatic rings. The molecular weight excluding hydrogens is 293 g/mol. The van der Waals surface area contributed by atoms with Crippen LogP contribution < -0.4 is 0 Å². The Morgan fingerprint density at radius 1 is 1.16 bits per heavy atom. The van der Waals surface area contributed by atoms with E-state index in [0.717, 1.165) is 13.8 Å². The fourth-order valence-electron chi connectivity index (χ4n) is 0.901. The normalized spacial score (nSPS) is 11.7. The Morgan fingerprint density at radius 2 is 1.58 bits per heavy atom. The van der Waals surface area contributed by atoms with Crippen molar-refractivity contribution in [2.75, 3.05) is 0 Å². The molecule has 0 radical (unpaired) electrons. The molecule has 0 saturated carbocycles. The minimum absolute atomic E-state index is 0. The van der Waals surface area contributed by atoms with Gasteiger partial charge in [0.05, 0.1) is 6.42 Å². The van der Waals surface area contributed by atoms with Gasteiger partial charge in [-0.2, -0.15) is 8.42 Å². The summed E-state index contributed by atoms with van der Waals surface area (Å²) in [5, 5.41) is 4.89. The molecule has 0 aromatic carbocycles. The molecule has 0 aromatic heterocycles. The van der Waals surface area contributed by atoms with E-state index in [4.69, 9.17) is 9.96 Å². The topological polar surface area (TPSA) is 148 Å². The van der Waals surface area contributed by atoms with Gasteiger partial charge in [-0.3, -0.25) is 24.3 Å². The summed E-state index contributed by atoms with van der Waals surface area (Å²) in [4.78, 5) is 32.2. The third-order valence-corrected chi connectivity index (χ3v) is 2.58. The summed E-state index contributed by atoms with van der Waals surface area (Å²) in [6.45, 7) is 1.82. The molecule has 0 saturated heterocycles. The van der Waals surface area contributed by atoms with Gasteiger partial charge in [-0.25, -0.2) is 0 Å². The van der Waals surface area contributed by atoms with E-state index in [1.54, 1.807) is 0 Å². The second-order valence-electron chi connectivity index (χ2n) is 3.14. The maximum atomic E-state index is 11.2. The molecule has 0 aliphatic heterocycles. The van der Waals surface area contributed by atoms with E-state index < -0.39 is 45.6 Å². The number of ether oxygens (including phenoxy) is 2. The number of esters is 3. The molecule has 0 heterocycles. The first-order valence-electron chi connectivity index (χ1n) is 4.48. The Balaban J connectivity index is 0. The average Bonchev–Trinajstić information content (AvgIpc) is 2.09. The van der Waals surface area contributed by atoms with Crippen molar-refractivity contribution in [1.29, 1.82) is 5.41 Å². The van der Waals surface area contributed by atoms with Crippen LogP contribution in [-0.2, 0) is 34.0 Å². The molecule has 19 heavy (non-hydrogen) atoms. The first-order chi connectivity index (χ1) is 8.04. The summed E-state index contributed by atoms with van der Waals surface area (Å²) in [6.07, 6.45) is -0.926. The van der Waals surface area contributed by atoms with Gasteiger partial charge >= 0.3 is 47.5 Å². The van der Waals surface area contributed by atoms with E-state index in [1.807, 2.05) is 0 Å². The maximum absolute atomic E-state index is 11.2. The van der Waals surface area contributed by atoms with Crippen LogP contribution in [0.3, 0.4) is 0 Å². The van der Waals surface area contributed by atoms with E-state index in [1.165, 1.54) is 0 Å². The van der Waals surface area contributed by atoms with Gasteiger partial charge in [0, 0.05) is 13.8 Å². The zero-order valence-corrected chi connectivity index (χ0v) is 10.3. The molecular formula is C8H12NNaO8S. The van der Waals surface area contributed by atoms with E-state index in [-0.39, 0.29) is 29.6 Å². The quantitative estimate of drug-likeness (QED) is 0.161. The number of rotatable bonds is 4. The summed E-state index contributed by atoms with van der Waals surface area (Å²) in [5.41, 5.74) is 0. The first kappa shape index (κ1) is 20.5. The fourth-order valence-corrected chi connectivity index (χ4v) is 1.55. The molecule has 0 rings (SSSR count). The predicted octanol–water partition coefficient (Wildman–Crippen LogP) is -1.39.